The second kappa shape index (κ2) is 6.80. The van der Waals surface area contributed by atoms with Crippen LogP contribution in [0, 0.1) is 0 Å². The molecule has 5 heteroatoms. The largest absolute Gasteiger partial charge is 0.353 e. The lowest BCUT2D eigenvalue weighted by Gasteiger charge is -1.99. The Morgan fingerprint density at radius 1 is 1.42 bits per heavy atom. The zero-order valence-electron chi connectivity index (χ0n) is 10.5. The van der Waals surface area contributed by atoms with Gasteiger partial charge in [-0.25, -0.2) is 4.98 Å². The van der Waals surface area contributed by atoms with Gasteiger partial charge < -0.3 is 5.32 Å². The maximum atomic E-state index is 11.5. The zero-order valence-corrected chi connectivity index (χ0v) is 11.3. The molecule has 4 nitrogen and oxygen atoms in total. The van der Waals surface area contributed by atoms with E-state index in [1.54, 1.807) is 23.6 Å². The van der Waals surface area contributed by atoms with Crippen molar-refractivity contribution in [3.63, 3.8) is 0 Å². The molecule has 0 aliphatic heterocycles. The van der Waals surface area contributed by atoms with Crippen LogP contribution < -0.4 is 5.32 Å². The lowest BCUT2D eigenvalue weighted by atomic mass is 10.3. The van der Waals surface area contributed by atoms with Crippen molar-refractivity contribution in [2.75, 3.05) is 6.54 Å². The molecule has 0 aliphatic rings. The zero-order chi connectivity index (χ0) is 13.5. The molecule has 98 valence electrons. The smallest absolute Gasteiger partial charge is 0.220 e. The quantitative estimate of drug-likeness (QED) is 0.822. The molecule has 0 fully saturated rings. The van der Waals surface area contributed by atoms with Crippen LogP contribution >= 0.6 is 11.3 Å². The normalized spacial score (nSPS) is 10.1. The summed E-state index contributed by atoms with van der Waals surface area (Å²) in [5, 5.41) is 5.67. The maximum Gasteiger partial charge on any atom is 0.220 e. The summed E-state index contributed by atoms with van der Waals surface area (Å²) >= 11 is 1.56. The van der Waals surface area contributed by atoms with E-state index < -0.39 is 0 Å². The van der Waals surface area contributed by atoms with Crippen LogP contribution in [-0.4, -0.2) is 22.4 Å². The van der Waals surface area contributed by atoms with Crippen LogP contribution in [0.25, 0.3) is 11.4 Å². The summed E-state index contributed by atoms with van der Waals surface area (Å²) in [5.74, 6) is 0.0227. The number of pyridine rings is 1. The summed E-state index contributed by atoms with van der Waals surface area (Å²) in [6, 6.07) is 5.74. The third-order valence-electron chi connectivity index (χ3n) is 2.49. The highest BCUT2D eigenvalue weighted by Gasteiger charge is 2.07. The highest BCUT2D eigenvalue weighted by Crippen LogP contribution is 2.20. The number of nitrogens with one attached hydrogen (secondary N) is 1. The number of hydrogen-bond acceptors (Lipinski definition) is 4. The van der Waals surface area contributed by atoms with Crippen LogP contribution in [0.2, 0.25) is 0 Å². The predicted octanol–water partition coefficient (Wildman–Crippen LogP) is 2.44. The molecular formula is C14H15N3OS. The van der Waals surface area contributed by atoms with Crippen molar-refractivity contribution in [3.8, 4) is 11.4 Å². The van der Waals surface area contributed by atoms with Crippen LogP contribution in [0.1, 0.15) is 11.4 Å². The SMILES string of the molecule is C=CCNC(=O)CCc1nc(-c2ccccn2)cs1. The van der Waals surface area contributed by atoms with E-state index in [4.69, 9.17) is 0 Å². The summed E-state index contributed by atoms with van der Waals surface area (Å²) in [4.78, 5) is 20.2. The van der Waals surface area contributed by atoms with E-state index >= 15 is 0 Å². The van der Waals surface area contributed by atoms with Crippen molar-refractivity contribution in [2.24, 2.45) is 0 Å². The summed E-state index contributed by atoms with van der Waals surface area (Å²) in [6.45, 7) is 4.07. The number of nitrogens with zero attached hydrogens (tertiary/aromatic N) is 2. The average molecular weight is 273 g/mol. The molecule has 2 heterocycles. The summed E-state index contributed by atoms with van der Waals surface area (Å²) in [5.41, 5.74) is 1.73. The van der Waals surface area contributed by atoms with Gasteiger partial charge in [0.1, 0.15) is 0 Å². The molecule has 2 aromatic rings. The third-order valence-corrected chi connectivity index (χ3v) is 3.40. The number of carbonyl (C=O) groups is 1. The Labute approximate surface area is 116 Å². The number of aromatic nitrogens is 2. The first-order chi connectivity index (χ1) is 9.29. The Hall–Kier alpha value is -2.01. The monoisotopic (exact) mass is 273 g/mol. The number of thiazole rings is 1. The van der Waals surface area contributed by atoms with Crippen molar-refractivity contribution in [1.29, 1.82) is 0 Å². The summed E-state index contributed by atoms with van der Waals surface area (Å²) < 4.78 is 0. The van der Waals surface area contributed by atoms with E-state index in [9.17, 15) is 4.79 Å². The van der Waals surface area contributed by atoms with E-state index in [0.29, 0.717) is 19.4 Å². The van der Waals surface area contributed by atoms with Gasteiger partial charge >= 0.3 is 0 Å². The minimum Gasteiger partial charge on any atom is -0.353 e. The highest BCUT2D eigenvalue weighted by molar-refractivity contribution is 7.09. The van der Waals surface area contributed by atoms with E-state index in [-0.39, 0.29) is 5.91 Å². The number of aryl methyl sites for hydroxylation is 1. The lowest BCUT2D eigenvalue weighted by molar-refractivity contribution is -0.120. The molecule has 0 spiro atoms. The Balaban J connectivity index is 1.91. The van der Waals surface area contributed by atoms with Crippen LogP contribution in [0.4, 0.5) is 0 Å². The molecule has 0 unspecified atom stereocenters. The van der Waals surface area contributed by atoms with E-state index in [1.165, 1.54) is 0 Å². The fourth-order valence-electron chi connectivity index (χ4n) is 1.55. The summed E-state index contributed by atoms with van der Waals surface area (Å²) in [6.07, 6.45) is 4.51. The molecule has 0 radical (unpaired) electrons. The fourth-order valence-corrected chi connectivity index (χ4v) is 2.34. The molecule has 0 aromatic carbocycles. The Morgan fingerprint density at radius 2 is 2.32 bits per heavy atom. The van der Waals surface area contributed by atoms with Gasteiger partial charge in [-0.05, 0) is 12.1 Å². The fraction of sp³-hybridized carbons (Fsp3) is 0.214. The van der Waals surface area contributed by atoms with Gasteiger partial charge in [-0.1, -0.05) is 12.1 Å². The van der Waals surface area contributed by atoms with Crippen molar-refractivity contribution in [3.05, 3.63) is 47.4 Å². The minimum atomic E-state index is 0.0227. The molecule has 2 rings (SSSR count). The topological polar surface area (TPSA) is 54.9 Å². The first-order valence-electron chi connectivity index (χ1n) is 6.03. The number of amides is 1. The number of hydrogen-bond donors (Lipinski definition) is 1. The first kappa shape index (κ1) is 13.4. The molecule has 0 saturated heterocycles. The van der Waals surface area contributed by atoms with Crippen LogP contribution in [-0.2, 0) is 11.2 Å². The second-order valence-electron chi connectivity index (χ2n) is 3.93. The van der Waals surface area contributed by atoms with Gasteiger partial charge in [0.05, 0.1) is 16.4 Å². The molecule has 0 atom stereocenters. The average Bonchev–Trinajstić information content (AvgIpc) is 2.93. The van der Waals surface area contributed by atoms with Gasteiger partial charge in [0.25, 0.3) is 0 Å². The van der Waals surface area contributed by atoms with E-state index in [2.05, 4.69) is 21.9 Å². The van der Waals surface area contributed by atoms with E-state index in [1.807, 2.05) is 23.6 Å². The highest BCUT2D eigenvalue weighted by atomic mass is 32.1. The van der Waals surface area contributed by atoms with Gasteiger partial charge in [0.15, 0.2) is 0 Å². The lowest BCUT2D eigenvalue weighted by Crippen LogP contribution is -2.23. The van der Waals surface area contributed by atoms with Crippen molar-refractivity contribution < 1.29 is 4.79 Å². The number of carbonyl (C=O) groups excluding carboxylic acids is 1. The maximum absolute atomic E-state index is 11.5. The molecular weight excluding hydrogens is 258 g/mol. The summed E-state index contributed by atoms with van der Waals surface area (Å²) in [7, 11) is 0. The van der Waals surface area contributed by atoms with Gasteiger partial charge in [-0.2, -0.15) is 0 Å². The molecule has 0 saturated carbocycles. The molecule has 2 aromatic heterocycles. The van der Waals surface area contributed by atoms with Crippen LogP contribution in [0.3, 0.4) is 0 Å². The predicted molar refractivity (Wildman–Crippen MR) is 76.9 cm³/mol. The van der Waals surface area contributed by atoms with Crippen molar-refractivity contribution in [1.82, 2.24) is 15.3 Å². The van der Waals surface area contributed by atoms with Gasteiger partial charge in [0, 0.05) is 31.0 Å². The van der Waals surface area contributed by atoms with E-state index in [0.717, 1.165) is 16.4 Å². The van der Waals surface area contributed by atoms with Crippen molar-refractivity contribution >= 4 is 17.2 Å². The van der Waals surface area contributed by atoms with Gasteiger partial charge in [-0.3, -0.25) is 9.78 Å². The minimum absolute atomic E-state index is 0.0227. The Kier molecular flexibility index (Phi) is 4.80. The molecule has 1 N–H and O–H groups in total. The molecule has 0 bridgehead atoms. The Bertz CT molecular complexity index is 551. The first-order valence-corrected chi connectivity index (χ1v) is 6.91. The van der Waals surface area contributed by atoms with Crippen molar-refractivity contribution in [2.45, 2.75) is 12.8 Å². The third kappa shape index (κ3) is 3.99. The second-order valence-corrected chi connectivity index (χ2v) is 4.88. The molecule has 19 heavy (non-hydrogen) atoms. The standard InChI is InChI=1S/C14H15N3OS/c1-2-8-16-13(18)6-7-14-17-12(10-19-14)11-5-3-4-9-15-11/h2-5,9-10H,1,6-8H2,(H,16,18). The molecule has 1 amide bonds. The number of rotatable bonds is 6. The van der Waals surface area contributed by atoms with Gasteiger partial charge in [0.2, 0.25) is 5.91 Å². The van der Waals surface area contributed by atoms with Crippen LogP contribution in [0.15, 0.2) is 42.4 Å². The van der Waals surface area contributed by atoms with Gasteiger partial charge in [-0.15, -0.1) is 17.9 Å². The Morgan fingerprint density at radius 3 is 3.05 bits per heavy atom. The van der Waals surface area contributed by atoms with Crippen LogP contribution in [0.5, 0.6) is 0 Å². The molecule has 0 aliphatic carbocycles.